The van der Waals surface area contributed by atoms with Crippen molar-refractivity contribution in [2.75, 3.05) is 0 Å². The molecule has 0 heterocycles. The SMILES string of the molecule is CC(=O)CC[CH]c1ccccc1. The van der Waals surface area contributed by atoms with Crippen LogP contribution in [0.15, 0.2) is 30.3 Å². The Morgan fingerprint density at radius 3 is 2.58 bits per heavy atom. The van der Waals surface area contributed by atoms with Gasteiger partial charge in [0, 0.05) is 6.42 Å². The van der Waals surface area contributed by atoms with Crippen LogP contribution in [0.4, 0.5) is 0 Å². The predicted octanol–water partition coefficient (Wildman–Crippen LogP) is 2.61. The molecule has 1 nitrogen and oxygen atoms in total. The standard InChI is InChI=1S/C11H13O/c1-10(12)6-5-9-11-7-3-2-4-8-11/h2-4,7-9H,5-6H2,1H3. The maximum absolute atomic E-state index is 10.6. The summed E-state index contributed by atoms with van der Waals surface area (Å²) in [5, 5.41) is 0. The molecular formula is C11H13O. The first-order valence-corrected chi connectivity index (χ1v) is 4.17. The minimum atomic E-state index is 0.252. The van der Waals surface area contributed by atoms with E-state index in [1.165, 1.54) is 5.56 Å². The molecule has 0 fully saturated rings. The molecule has 1 radical (unpaired) electrons. The van der Waals surface area contributed by atoms with Gasteiger partial charge in [-0.25, -0.2) is 0 Å². The summed E-state index contributed by atoms with van der Waals surface area (Å²) in [5.41, 5.74) is 1.19. The summed E-state index contributed by atoms with van der Waals surface area (Å²) in [5.74, 6) is 0.252. The predicted molar refractivity (Wildman–Crippen MR) is 49.8 cm³/mol. The first-order valence-electron chi connectivity index (χ1n) is 4.17. The Bertz CT molecular complexity index is 238. The molecule has 0 saturated heterocycles. The van der Waals surface area contributed by atoms with Crippen LogP contribution in [-0.4, -0.2) is 5.78 Å². The average Bonchev–Trinajstić information content (AvgIpc) is 2.05. The number of benzene rings is 1. The molecule has 1 aromatic rings. The normalized spacial score (nSPS) is 9.75. The number of ketones is 1. The fraction of sp³-hybridized carbons (Fsp3) is 0.273. The molecule has 0 aliphatic carbocycles. The van der Waals surface area contributed by atoms with E-state index in [9.17, 15) is 4.79 Å². The maximum Gasteiger partial charge on any atom is 0.129 e. The molecule has 1 aromatic carbocycles. The Morgan fingerprint density at radius 2 is 2.00 bits per heavy atom. The summed E-state index contributed by atoms with van der Waals surface area (Å²) >= 11 is 0. The van der Waals surface area contributed by atoms with Gasteiger partial charge in [-0.1, -0.05) is 30.3 Å². The Balaban J connectivity index is 2.29. The van der Waals surface area contributed by atoms with Crippen molar-refractivity contribution in [1.82, 2.24) is 0 Å². The number of carbonyl (C=O) groups excluding carboxylic acids is 1. The van der Waals surface area contributed by atoms with Crippen LogP contribution in [0, 0.1) is 6.42 Å². The maximum atomic E-state index is 10.6. The lowest BCUT2D eigenvalue weighted by atomic mass is 10.1. The molecule has 12 heavy (non-hydrogen) atoms. The topological polar surface area (TPSA) is 17.1 Å². The first-order chi connectivity index (χ1) is 5.79. The van der Waals surface area contributed by atoms with E-state index in [1.807, 2.05) is 30.3 Å². The van der Waals surface area contributed by atoms with Crippen LogP contribution in [0.5, 0.6) is 0 Å². The summed E-state index contributed by atoms with van der Waals surface area (Å²) < 4.78 is 0. The molecule has 1 rings (SSSR count). The number of hydrogen-bond acceptors (Lipinski definition) is 1. The van der Waals surface area contributed by atoms with E-state index in [2.05, 4.69) is 6.42 Å². The number of rotatable bonds is 4. The Hall–Kier alpha value is -1.11. The highest BCUT2D eigenvalue weighted by Gasteiger charge is 1.94. The fourth-order valence-electron chi connectivity index (χ4n) is 1.03. The van der Waals surface area contributed by atoms with Crippen LogP contribution >= 0.6 is 0 Å². The van der Waals surface area contributed by atoms with Gasteiger partial charge in [0.2, 0.25) is 0 Å². The van der Waals surface area contributed by atoms with Crippen molar-refractivity contribution in [3.05, 3.63) is 42.3 Å². The van der Waals surface area contributed by atoms with Crippen molar-refractivity contribution in [3.8, 4) is 0 Å². The summed E-state index contributed by atoms with van der Waals surface area (Å²) in [6.45, 7) is 1.62. The monoisotopic (exact) mass is 161 g/mol. The second-order valence-corrected chi connectivity index (χ2v) is 2.86. The number of hydrogen-bond donors (Lipinski definition) is 0. The smallest absolute Gasteiger partial charge is 0.129 e. The van der Waals surface area contributed by atoms with Gasteiger partial charge in [0.05, 0.1) is 0 Å². The van der Waals surface area contributed by atoms with E-state index in [0.717, 1.165) is 6.42 Å². The van der Waals surface area contributed by atoms with Gasteiger partial charge in [0.15, 0.2) is 0 Å². The average molecular weight is 161 g/mol. The molecular weight excluding hydrogens is 148 g/mol. The van der Waals surface area contributed by atoms with Crippen LogP contribution in [0.3, 0.4) is 0 Å². The van der Waals surface area contributed by atoms with E-state index < -0.39 is 0 Å². The third-order valence-corrected chi connectivity index (χ3v) is 1.68. The van der Waals surface area contributed by atoms with E-state index in [4.69, 9.17) is 0 Å². The van der Waals surface area contributed by atoms with E-state index >= 15 is 0 Å². The van der Waals surface area contributed by atoms with Crippen LogP contribution in [-0.2, 0) is 4.79 Å². The quantitative estimate of drug-likeness (QED) is 0.663. The van der Waals surface area contributed by atoms with Gasteiger partial charge in [0.1, 0.15) is 5.78 Å². The summed E-state index contributed by atoms with van der Waals surface area (Å²) in [6.07, 6.45) is 3.58. The molecule has 0 atom stereocenters. The number of Topliss-reactive ketones (excluding diaryl/α,β-unsaturated/α-hetero) is 1. The van der Waals surface area contributed by atoms with Gasteiger partial charge in [-0.3, -0.25) is 0 Å². The lowest BCUT2D eigenvalue weighted by Crippen LogP contribution is -1.90. The van der Waals surface area contributed by atoms with Gasteiger partial charge in [-0.15, -0.1) is 0 Å². The van der Waals surface area contributed by atoms with Gasteiger partial charge in [-0.2, -0.15) is 0 Å². The Labute approximate surface area is 73.4 Å². The summed E-state index contributed by atoms with van der Waals surface area (Å²) in [6, 6.07) is 10.1. The highest BCUT2D eigenvalue weighted by Crippen LogP contribution is 2.06. The third-order valence-electron chi connectivity index (χ3n) is 1.68. The van der Waals surface area contributed by atoms with Crippen LogP contribution < -0.4 is 0 Å². The van der Waals surface area contributed by atoms with E-state index in [-0.39, 0.29) is 5.78 Å². The molecule has 0 aromatic heterocycles. The molecule has 0 saturated carbocycles. The first kappa shape index (κ1) is 8.98. The molecule has 0 spiro atoms. The van der Waals surface area contributed by atoms with Gasteiger partial charge in [-0.05, 0) is 25.3 Å². The molecule has 0 unspecified atom stereocenters. The van der Waals surface area contributed by atoms with Crippen molar-refractivity contribution in [2.24, 2.45) is 0 Å². The third kappa shape index (κ3) is 3.33. The zero-order valence-corrected chi connectivity index (χ0v) is 7.29. The van der Waals surface area contributed by atoms with Crippen molar-refractivity contribution >= 4 is 5.78 Å². The summed E-state index contributed by atoms with van der Waals surface area (Å²) in [7, 11) is 0. The minimum Gasteiger partial charge on any atom is -0.300 e. The van der Waals surface area contributed by atoms with Crippen molar-refractivity contribution < 1.29 is 4.79 Å². The zero-order chi connectivity index (χ0) is 8.81. The van der Waals surface area contributed by atoms with Gasteiger partial charge in [0.25, 0.3) is 0 Å². The molecule has 0 aliphatic heterocycles. The minimum absolute atomic E-state index is 0.252. The summed E-state index contributed by atoms with van der Waals surface area (Å²) in [4.78, 5) is 10.6. The highest BCUT2D eigenvalue weighted by atomic mass is 16.1. The van der Waals surface area contributed by atoms with Gasteiger partial charge >= 0.3 is 0 Å². The van der Waals surface area contributed by atoms with E-state index in [0.29, 0.717) is 6.42 Å². The van der Waals surface area contributed by atoms with Crippen molar-refractivity contribution in [2.45, 2.75) is 19.8 Å². The Kier molecular flexibility index (Phi) is 3.52. The molecule has 63 valence electrons. The molecule has 0 amide bonds. The van der Waals surface area contributed by atoms with E-state index in [1.54, 1.807) is 6.92 Å². The lowest BCUT2D eigenvalue weighted by molar-refractivity contribution is -0.116. The van der Waals surface area contributed by atoms with Crippen molar-refractivity contribution in [3.63, 3.8) is 0 Å². The van der Waals surface area contributed by atoms with Gasteiger partial charge < -0.3 is 4.79 Å². The lowest BCUT2D eigenvalue weighted by Gasteiger charge is -1.97. The van der Waals surface area contributed by atoms with Crippen LogP contribution in [0.2, 0.25) is 0 Å². The second-order valence-electron chi connectivity index (χ2n) is 2.86. The zero-order valence-electron chi connectivity index (χ0n) is 7.29. The molecule has 1 heteroatoms. The van der Waals surface area contributed by atoms with Crippen LogP contribution in [0.1, 0.15) is 25.3 Å². The highest BCUT2D eigenvalue weighted by molar-refractivity contribution is 5.75. The molecule has 0 bridgehead atoms. The Morgan fingerprint density at radius 1 is 1.33 bits per heavy atom. The number of carbonyl (C=O) groups is 1. The van der Waals surface area contributed by atoms with Crippen molar-refractivity contribution in [1.29, 1.82) is 0 Å². The fourth-order valence-corrected chi connectivity index (χ4v) is 1.03. The second kappa shape index (κ2) is 4.70. The molecule has 0 N–H and O–H groups in total. The largest absolute Gasteiger partial charge is 0.300 e. The van der Waals surface area contributed by atoms with Crippen LogP contribution in [0.25, 0.3) is 0 Å². The molecule has 0 aliphatic rings.